The number of carbonyl (C=O) groups excluding carboxylic acids is 1. The first kappa shape index (κ1) is 17.2. The number of nitrogens with one attached hydrogen (secondary N) is 1. The molecular weight excluding hydrogens is 310 g/mol. The Morgan fingerprint density at radius 3 is 2.55 bits per heavy atom. The average Bonchev–Trinajstić information content (AvgIpc) is 3.13. The van der Waals surface area contributed by atoms with Crippen LogP contribution in [0.2, 0.25) is 0 Å². The van der Waals surface area contributed by atoms with E-state index in [2.05, 4.69) is 5.32 Å². The molecule has 0 spiro atoms. The minimum Gasteiger partial charge on any atom is -0.480 e. The number of ether oxygens (including phenoxy) is 1. The molecule has 1 aliphatic carbocycles. The topological polar surface area (TPSA) is 110 Å². The summed E-state index contributed by atoms with van der Waals surface area (Å²) < 4.78 is 28.1. The van der Waals surface area contributed by atoms with Gasteiger partial charge in [-0.2, -0.15) is 0 Å². The van der Waals surface area contributed by atoms with E-state index in [1.807, 2.05) is 0 Å². The van der Waals surface area contributed by atoms with Crippen LogP contribution in [0.5, 0.6) is 0 Å². The van der Waals surface area contributed by atoms with Gasteiger partial charge in [0.15, 0.2) is 0 Å². The van der Waals surface area contributed by atoms with E-state index in [1.54, 1.807) is 0 Å². The average molecular weight is 333 g/mol. The molecule has 1 aliphatic heterocycles. The molecule has 1 saturated carbocycles. The van der Waals surface area contributed by atoms with Crippen molar-refractivity contribution in [2.24, 2.45) is 11.3 Å². The Morgan fingerprint density at radius 2 is 2.09 bits per heavy atom. The summed E-state index contributed by atoms with van der Waals surface area (Å²) in [5.41, 5.74) is -0.496. The fraction of sp³-hybridized carbons (Fsp3) is 0.857. The summed E-state index contributed by atoms with van der Waals surface area (Å²) in [7, 11) is -3.15. The molecule has 1 heterocycles. The second-order valence-corrected chi connectivity index (χ2v) is 8.75. The van der Waals surface area contributed by atoms with Gasteiger partial charge < -0.3 is 15.2 Å². The fourth-order valence-corrected chi connectivity index (χ4v) is 4.58. The normalized spacial score (nSPS) is 25.2. The maximum absolute atomic E-state index is 12.1. The number of hydrogen-bond donors (Lipinski definition) is 2. The highest BCUT2D eigenvalue weighted by molar-refractivity contribution is 7.90. The number of rotatable bonds is 7. The number of sulfone groups is 1. The van der Waals surface area contributed by atoms with Crippen LogP contribution < -0.4 is 5.32 Å². The smallest absolute Gasteiger partial charge is 0.326 e. The van der Waals surface area contributed by atoms with Gasteiger partial charge in [0.05, 0.1) is 12.4 Å². The predicted octanol–water partition coefficient (Wildman–Crippen LogP) is 0.197. The first-order valence-electron chi connectivity index (χ1n) is 7.48. The third kappa shape index (κ3) is 4.95. The van der Waals surface area contributed by atoms with Gasteiger partial charge in [0, 0.05) is 25.2 Å². The highest BCUT2D eigenvalue weighted by Crippen LogP contribution is 2.49. The lowest BCUT2D eigenvalue weighted by atomic mass is 9.93. The van der Waals surface area contributed by atoms with Crippen LogP contribution >= 0.6 is 0 Å². The zero-order valence-corrected chi connectivity index (χ0v) is 13.5. The Labute approximate surface area is 130 Å². The SMILES string of the molecule is CS(=O)(=O)CC1(CC(=O)NC(C(=O)O)C2CCCOC2)CC1. The van der Waals surface area contributed by atoms with Crippen LogP contribution in [-0.4, -0.2) is 56.7 Å². The molecule has 1 amide bonds. The quantitative estimate of drug-likeness (QED) is 0.688. The van der Waals surface area contributed by atoms with Crippen molar-refractivity contribution >= 4 is 21.7 Å². The van der Waals surface area contributed by atoms with E-state index in [0.717, 1.165) is 12.7 Å². The minimum absolute atomic E-state index is 0.0162. The van der Waals surface area contributed by atoms with Gasteiger partial charge in [-0.25, -0.2) is 13.2 Å². The molecule has 0 aromatic carbocycles. The van der Waals surface area contributed by atoms with Crippen molar-refractivity contribution in [3.05, 3.63) is 0 Å². The summed E-state index contributed by atoms with van der Waals surface area (Å²) in [5, 5.41) is 11.9. The molecule has 1 saturated heterocycles. The lowest BCUT2D eigenvalue weighted by molar-refractivity contribution is -0.145. The number of carboxylic acids is 1. The van der Waals surface area contributed by atoms with Gasteiger partial charge in [-0.1, -0.05) is 0 Å². The Balaban J connectivity index is 1.92. The lowest BCUT2D eigenvalue weighted by Crippen LogP contribution is -2.49. The zero-order valence-electron chi connectivity index (χ0n) is 12.7. The molecule has 2 fully saturated rings. The largest absolute Gasteiger partial charge is 0.480 e. The van der Waals surface area contributed by atoms with Gasteiger partial charge in [-0.15, -0.1) is 0 Å². The van der Waals surface area contributed by atoms with Gasteiger partial charge >= 0.3 is 5.97 Å². The summed E-state index contributed by atoms with van der Waals surface area (Å²) in [6, 6.07) is -0.971. The summed E-state index contributed by atoms with van der Waals surface area (Å²) in [6.45, 7) is 0.944. The Bertz CT molecular complexity index is 534. The van der Waals surface area contributed by atoms with Crippen molar-refractivity contribution in [2.75, 3.05) is 25.2 Å². The van der Waals surface area contributed by atoms with Crippen molar-refractivity contribution in [3.8, 4) is 0 Å². The van der Waals surface area contributed by atoms with E-state index in [4.69, 9.17) is 4.74 Å². The summed E-state index contributed by atoms with van der Waals surface area (Å²) in [5.74, 6) is -1.71. The summed E-state index contributed by atoms with van der Waals surface area (Å²) >= 11 is 0. The molecule has 7 nitrogen and oxygen atoms in total. The van der Waals surface area contributed by atoms with Crippen LogP contribution in [0.15, 0.2) is 0 Å². The van der Waals surface area contributed by atoms with Crippen molar-refractivity contribution in [1.82, 2.24) is 5.32 Å². The van der Waals surface area contributed by atoms with Crippen LogP contribution in [0.3, 0.4) is 0 Å². The van der Waals surface area contributed by atoms with Gasteiger partial charge in [-0.05, 0) is 31.1 Å². The van der Waals surface area contributed by atoms with Gasteiger partial charge in [-0.3, -0.25) is 4.79 Å². The number of carboxylic acid groups (broad SMARTS) is 1. The first-order chi connectivity index (χ1) is 10.2. The Morgan fingerprint density at radius 1 is 1.41 bits per heavy atom. The molecule has 2 atom stereocenters. The Hall–Kier alpha value is -1.15. The molecule has 0 aromatic heterocycles. The van der Waals surface area contributed by atoms with Gasteiger partial charge in [0.1, 0.15) is 15.9 Å². The second-order valence-electron chi connectivity index (χ2n) is 6.61. The molecule has 2 N–H and O–H groups in total. The standard InChI is InChI=1S/C14H23NO6S/c1-22(19,20)9-14(4-5-14)7-11(16)15-12(13(17)18)10-3-2-6-21-8-10/h10,12H,2-9H2,1H3,(H,15,16)(H,17,18). The molecule has 0 aromatic rings. The van der Waals surface area contributed by atoms with Gasteiger partial charge in [0.25, 0.3) is 0 Å². The first-order valence-corrected chi connectivity index (χ1v) is 9.54. The van der Waals surface area contributed by atoms with E-state index in [-0.39, 0.29) is 24.0 Å². The minimum atomic E-state index is -3.15. The van der Waals surface area contributed by atoms with E-state index < -0.39 is 27.3 Å². The zero-order chi connectivity index (χ0) is 16.4. The number of amides is 1. The van der Waals surface area contributed by atoms with Crippen LogP contribution in [0.1, 0.15) is 32.1 Å². The Kier molecular flexibility index (Phi) is 5.11. The maximum Gasteiger partial charge on any atom is 0.326 e. The third-order valence-corrected chi connectivity index (χ3v) is 5.45. The van der Waals surface area contributed by atoms with Crippen molar-refractivity contribution in [2.45, 2.75) is 38.1 Å². The van der Waals surface area contributed by atoms with E-state index in [0.29, 0.717) is 32.5 Å². The summed E-state index contributed by atoms with van der Waals surface area (Å²) in [6.07, 6.45) is 4.09. The van der Waals surface area contributed by atoms with Crippen LogP contribution in [0, 0.1) is 11.3 Å². The molecule has 2 rings (SSSR count). The number of carbonyl (C=O) groups is 2. The lowest BCUT2D eigenvalue weighted by Gasteiger charge is -2.28. The van der Waals surface area contributed by atoms with Gasteiger partial charge in [0.2, 0.25) is 5.91 Å². The molecule has 2 unspecified atom stereocenters. The van der Waals surface area contributed by atoms with Crippen molar-refractivity contribution < 1.29 is 27.9 Å². The van der Waals surface area contributed by atoms with Crippen LogP contribution in [-0.2, 0) is 24.2 Å². The van der Waals surface area contributed by atoms with E-state index in [1.165, 1.54) is 0 Å². The number of aliphatic carboxylic acids is 1. The van der Waals surface area contributed by atoms with Crippen molar-refractivity contribution in [3.63, 3.8) is 0 Å². The summed E-state index contributed by atoms with van der Waals surface area (Å²) in [4.78, 5) is 23.5. The molecule has 0 bridgehead atoms. The van der Waals surface area contributed by atoms with E-state index >= 15 is 0 Å². The second kappa shape index (κ2) is 6.54. The fourth-order valence-electron chi connectivity index (χ4n) is 3.08. The molecule has 8 heteroatoms. The maximum atomic E-state index is 12.1. The molecule has 0 radical (unpaired) electrons. The molecule has 126 valence electrons. The van der Waals surface area contributed by atoms with E-state index in [9.17, 15) is 23.1 Å². The molecule has 2 aliphatic rings. The van der Waals surface area contributed by atoms with Crippen molar-refractivity contribution in [1.29, 1.82) is 0 Å². The third-order valence-electron chi connectivity index (χ3n) is 4.31. The molecular formula is C14H23NO6S. The number of hydrogen-bond acceptors (Lipinski definition) is 5. The highest BCUT2D eigenvalue weighted by atomic mass is 32.2. The highest BCUT2D eigenvalue weighted by Gasteiger charge is 2.47. The van der Waals surface area contributed by atoms with Crippen LogP contribution in [0.4, 0.5) is 0 Å². The monoisotopic (exact) mass is 333 g/mol. The van der Waals surface area contributed by atoms with Crippen LogP contribution in [0.25, 0.3) is 0 Å². The predicted molar refractivity (Wildman–Crippen MR) is 79.1 cm³/mol. The molecule has 22 heavy (non-hydrogen) atoms.